The zero-order valence-electron chi connectivity index (χ0n) is 13.1. The Morgan fingerprint density at radius 2 is 1.63 bits per heavy atom. The van der Waals surface area contributed by atoms with Crippen molar-refractivity contribution in [2.75, 3.05) is 19.6 Å². The smallest absolute Gasteiger partial charge is 0.0221 e. The van der Waals surface area contributed by atoms with Gasteiger partial charge >= 0.3 is 0 Å². The summed E-state index contributed by atoms with van der Waals surface area (Å²) < 4.78 is 0. The van der Waals surface area contributed by atoms with Gasteiger partial charge in [0.2, 0.25) is 0 Å². The van der Waals surface area contributed by atoms with Gasteiger partial charge in [0.1, 0.15) is 0 Å². The maximum absolute atomic E-state index is 6.07. The van der Waals surface area contributed by atoms with E-state index in [1.54, 1.807) is 0 Å². The standard InChI is InChI=1S/C17H34N2/c1-14(2)16-8-10-19(11-9-16)17(13-18)12-15-6-4-3-5-7-15/h14-17H,3-13,18H2,1-2H3. The van der Waals surface area contributed by atoms with Gasteiger partial charge in [-0.2, -0.15) is 0 Å². The molecule has 2 N–H and O–H groups in total. The molecular formula is C17H34N2. The SMILES string of the molecule is CC(C)C1CCN(C(CN)CC2CCCCC2)CC1. The molecule has 0 aromatic carbocycles. The van der Waals surface area contributed by atoms with E-state index in [0.717, 1.165) is 24.3 Å². The number of rotatable bonds is 5. The molecule has 2 heteroatoms. The van der Waals surface area contributed by atoms with Gasteiger partial charge in [0.15, 0.2) is 0 Å². The average Bonchev–Trinajstić information content (AvgIpc) is 2.46. The van der Waals surface area contributed by atoms with Crippen LogP contribution in [0.15, 0.2) is 0 Å². The molecule has 2 rings (SSSR count). The fourth-order valence-corrected chi connectivity index (χ4v) is 4.15. The molecule has 112 valence electrons. The Morgan fingerprint density at radius 3 is 2.16 bits per heavy atom. The molecule has 2 fully saturated rings. The molecule has 19 heavy (non-hydrogen) atoms. The van der Waals surface area contributed by atoms with Crippen molar-refractivity contribution in [3.05, 3.63) is 0 Å². The van der Waals surface area contributed by atoms with E-state index in [2.05, 4.69) is 18.7 Å². The van der Waals surface area contributed by atoms with E-state index < -0.39 is 0 Å². The minimum atomic E-state index is 0.663. The molecule has 1 saturated heterocycles. The maximum Gasteiger partial charge on any atom is 0.0221 e. The lowest BCUT2D eigenvalue weighted by Gasteiger charge is -2.40. The van der Waals surface area contributed by atoms with Gasteiger partial charge in [0, 0.05) is 12.6 Å². The minimum absolute atomic E-state index is 0.663. The normalized spacial score (nSPS) is 25.9. The van der Waals surface area contributed by atoms with Crippen LogP contribution >= 0.6 is 0 Å². The highest BCUT2D eigenvalue weighted by Gasteiger charge is 2.27. The summed E-state index contributed by atoms with van der Waals surface area (Å²) in [6.07, 6.45) is 11.4. The van der Waals surface area contributed by atoms with Crippen molar-refractivity contribution < 1.29 is 0 Å². The second-order valence-corrected chi connectivity index (χ2v) is 7.25. The number of piperidine rings is 1. The molecule has 0 bridgehead atoms. The summed E-state index contributed by atoms with van der Waals surface area (Å²) in [5.74, 6) is 2.77. The van der Waals surface area contributed by atoms with Gasteiger partial charge in [-0.15, -0.1) is 0 Å². The monoisotopic (exact) mass is 266 g/mol. The largest absolute Gasteiger partial charge is 0.329 e. The van der Waals surface area contributed by atoms with Gasteiger partial charge in [0.25, 0.3) is 0 Å². The number of likely N-dealkylation sites (tertiary alicyclic amines) is 1. The van der Waals surface area contributed by atoms with Crippen LogP contribution in [0.25, 0.3) is 0 Å². The summed E-state index contributed by atoms with van der Waals surface area (Å²) in [5.41, 5.74) is 6.07. The molecule has 1 aliphatic heterocycles. The van der Waals surface area contributed by atoms with Gasteiger partial charge in [-0.25, -0.2) is 0 Å². The topological polar surface area (TPSA) is 29.3 Å². The van der Waals surface area contributed by atoms with Crippen LogP contribution in [0.2, 0.25) is 0 Å². The third kappa shape index (κ3) is 4.46. The van der Waals surface area contributed by atoms with Gasteiger partial charge in [-0.3, -0.25) is 4.90 Å². The molecule has 2 aliphatic rings. The van der Waals surface area contributed by atoms with Crippen LogP contribution in [0.1, 0.15) is 65.2 Å². The van der Waals surface area contributed by atoms with E-state index in [1.807, 2.05) is 0 Å². The highest BCUT2D eigenvalue weighted by Crippen LogP contribution is 2.31. The van der Waals surface area contributed by atoms with Crippen molar-refractivity contribution in [1.82, 2.24) is 4.90 Å². The lowest BCUT2D eigenvalue weighted by molar-refractivity contribution is 0.0986. The van der Waals surface area contributed by atoms with Gasteiger partial charge in [-0.05, 0) is 50.1 Å². The summed E-state index contributed by atoms with van der Waals surface area (Å²) in [6.45, 7) is 8.20. The van der Waals surface area contributed by atoms with Gasteiger partial charge in [0.05, 0.1) is 0 Å². The molecule has 2 nitrogen and oxygen atoms in total. The number of nitrogens with zero attached hydrogens (tertiary/aromatic N) is 1. The van der Waals surface area contributed by atoms with Crippen LogP contribution in [0, 0.1) is 17.8 Å². The zero-order chi connectivity index (χ0) is 13.7. The molecule has 0 aromatic heterocycles. The van der Waals surface area contributed by atoms with Gasteiger partial charge < -0.3 is 5.73 Å². The first-order valence-electron chi connectivity index (χ1n) is 8.64. The van der Waals surface area contributed by atoms with Crippen molar-refractivity contribution in [2.45, 2.75) is 71.3 Å². The molecule has 0 amide bonds. The molecule has 0 aromatic rings. The molecular weight excluding hydrogens is 232 g/mol. The summed E-state index contributed by atoms with van der Waals surface area (Å²) in [5, 5.41) is 0. The first kappa shape index (κ1) is 15.3. The Balaban J connectivity index is 1.78. The van der Waals surface area contributed by atoms with Crippen molar-refractivity contribution in [2.24, 2.45) is 23.5 Å². The molecule has 0 spiro atoms. The maximum atomic E-state index is 6.07. The quantitative estimate of drug-likeness (QED) is 0.823. The third-order valence-electron chi connectivity index (χ3n) is 5.64. The van der Waals surface area contributed by atoms with Crippen molar-refractivity contribution >= 4 is 0 Å². The van der Waals surface area contributed by atoms with Crippen LogP contribution in [0.5, 0.6) is 0 Å². The highest BCUT2D eigenvalue weighted by molar-refractivity contribution is 4.82. The Morgan fingerprint density at radius 1 is 1.00 bits per heavy atom. The second-order valence-electron chi connectivity index (χ2n) is 7.25. The molecule has 1 atom stereocenters. The fraction of sp³-hybridized carbons (Fsp3) is 1.00. The second kappa shape index (κ2) is 7.64. The molecule has 1 saturated carbocycles. The Kier molecular flexibility index (Phi) is 6.15. The number of nitrogens with two attached hydrogens (primary N) is 1. The predicted octanol–water partition coefficient (Wildman–Crippen LogP) is 3.65. The van der Waals surface area contributed by atoms with E-state index in [1.165, 1.54) is 64.5 Å². The number of hydrogen-bond acceptors (Lipinski definition) is 2. The van der Waals surface area contributed by atoms with E-state index in [0.29, 0.717) is 6.04 Å². The van der Waals surface area contributed by atoms with Crippen molar-refractivity contribution in [3.8, 4) is 0 Å². The van der Waals surface area contributed by atoms with Crippen molar-refractivity contribution in [1.29, 1.82) is 0 Å². The van der Waals surface area contributed by atoms with E-state index >= 15 is 0 Å². The van der Waals surface area contributed by atoms with Gasteiger partial charge in [-0.1, -0.05) is 46.0 Å². The van der Waals surface area contributed by atoms with Crippen LogP contribution in [0.3, 0.4) is 0 Å². The zero-order valence-corrected chi connectivity index (χ0v) is 13.1. The van der Waals surface area contributed by atoms with E-state index in [4.69, 9.17) is 5.73 Å². The van der Waals surface area contributed by atoms with E-state index in [-0.39, 0.29) is 0 Å². The summed E-state index contributed by atoms with van der Waals surface area (Å²) in [4.78, 5) is 2.70. The average molecular weight is 266 g/mol. The molecule has 0 radical (unpaired) electrons. The van der Waals surface area contributed by atoms with Crippen molar-refractivity contribution in [3.63, 3.8) is 0 Å². The Labute approximate surface area is 120 Å². The third-order valence-corrected chi connectivity index (χ3v) is 5.64. The summed E-state index contributed by atoms with van der Waals surface area (Å²) >= 11 is 0. The first-order valence-corrected chi connectivity index (χ1v) is 8.64. The molecule has 1 unspecified atom stereocenters. The predicted molar refractivity (Wildman–Crippen MR) is 83.2 cm³/mol. The molecule has 1 heterocycles. The van der Waals surface area contributed by atoms with Crippen LogP contribution in [0.4, 0.5) is 0 Å². The van der Waals surface area contributed by atoms with Crippen LogP contribution < -0.4 is 5.73 Å². The lowest BCUT2D eigenvalue weighted by atomic mass is 9.82. The summed E-state index contributed by atoms with van der Waals surface area (Å²) in [7, 11) is 0. The van der Waals surface area contributed by atoms with Crippen LogP contribution in [-0.4, -0.2) is 30.6 Å². The highest BCUT2D eigenvalue weighted by atomic mass is 15.2. The lowest BCUT2D eigenvalue weighted by Crippen LogP contribution is -2.46. The minimum Gasteiger partial charge on any atom is -0.329 e. The van der Waals surface area contributed by atoms with E-state index in [9.17, 15) is 0 Å². The Hall–Kier alpha value is -0.0800. The number of hydrogen-bond donors (Lipinski definition) is 1. The fourth-order valence-electron chi connectivity index (χ4n) is 4.15. The van der Waals surface area contributed by atoms with Crippen LogP contribution in [-0.2, 0) is 0 Å². The summed E-state index contributed by atoms with van der Waals surface area (Å²) in [6, 6.07) is 0.663. The Bertz CT molecular complexity index is 238. The molecule has 1 aliphatic carbocycles. The first-order chi connectivity index (χ1) is 9.20.